The van der Waals surface area contributed by atoms with E-state index in [1.807, 2.05) is 69.7 Å². The Morgan fingerprint density at radius 2 is 2.02 bits per heavy atom. The second kappa shape index (κ2) is 12.3. The molecule has 2 amide bonds. The van der Waals surface area contributed by atoms with Crippen molar-refractivity contribution in [1.29, 1.82) is 5.26 Å². The molecule has 44 heavy (non-hydrogen) atoms. The maximum Gasteiger partial charge on any atom is 0.335 e. The van der Waals surface area contributed by atoms with Gasteiger partial charge < -0.3 is 29.7 Å². The Bertz CT molecular complexity index is 1310. The number of carbonyl (C=O) groups excluding carboxylic acids is 3. The number of esters is 1. The molecule has 1 aromatic carbocycles. The van der Waals surface area contributed by atoms with E-state index in [0.717, 1.165) is 11.3 Å². The second-order valence-electron chi connectivity index (χ2n) is 14.1. The molecule has 0 aromatic heterocycles. The third-order valence-corrected chi connectivity index (χ3v) is 8.93. The van der Waals surface area contributed by atoms with Crippen molar-refractivity contribution in [3.05, 3.63) is 29.3 Å². The molecule has 3 unspecified atom stereocenters. The Morgan fingerprint density at radius 1 is 1.25 bits per heavy atom. The van der Waals surface area contributed by atoms with Crippen LogP contribution in [0.1, 0.15) is 76.2 Å². The second-order valence-corrected chi connectivity index (χ2v) is 14.1. The lowest BCUT2D eigenvalue weighted by Crippen LogP contribution is -2.63. The molecule has 4 aliphatic rings. The molecule has 0 spiro atoms. The van der Waals surface area contributed by atoms with E-state index in [1.165, 1.54) is 0 Å². The number of carbonyl (C=O) groups is 3. The molecule has 5 rings (SSSR count). The molecule has 3 N–H and O–H groups in total. The van der Waals surface area contributed by atoms with Crippen molar-refractivity contribution in [2.45, 2.75) is 102 Å². The van der Waals surface area contributed by atoms with Gasteiger partial charge in [0.05, 0.1) is 42.8 Å². The van der Waals surface area contributed by atoms with Gasteiger partial charge in [0, 0.05) is 36.9 Å². The molecule has 240 valence electrons. The highest BCUT2D eigenvalue weighted by atomic mass is 16.6. The minimum absolute atomic E-state index is 0.0252. The maximum atomic E-state index is 13.4. The summed E-state index contributed by atoms with van der Waals surface area (Å²) >= 11 is 0. The largest absolute Gasteiger partial charge is 0.458 e. The van der Waals surface area contributed by atoms with E-state index < -0.39 is 35.3 Å². The summed E-state index contributed by atoms with van der Waals surface area (Å²) in [7, 11) is 0. The number of nitrogens with one attached hydrogen (secondary N) is 3. The van der Waals surface area contributed by atoms with Gasteiger partial charge in [0.2, 0.25) is 5.91 Å². The van der Waals surface area contributed by atoms with Crippen LogP contribution in [0, 0.1) is 24.2 Å². The molecule has 5 atom stereocenters. The monoisotopic (exact) mass is 610 g/mol. The van der Waals surface area contributed by atoms with Crippen LogP contribution in [0.25, 0.3) is 0 Å². The van der Waals surface area contributed by atoms with Crippen molar-refractivity contribution < 1.29 is 28.6 Å². The number of aryl methyl sites for hydroxylation is 1. The third-order valence-electron chi connectivity index (χ3n) is 8.93. The first kappa shape index (κ1) is 32.2. The summed E-state index contributed by atoms with van der Waals surface area (Å²) in [5.74, 6) is -0.924. The summed E-state index contributed by atoms with van der Waals surface area (Å²) in [6.45, 7) is 13.6. The van der Waals surface area contributed by atoms with Gasteiger partial charge in [-0.1, -0.05) is 0 Å². The lowest BCUT2D eigenvalue weighted by Gasteiger charge is -2.47. The summed E-state index contributed by atoms with van der Waals surface area (Å²) in [5, 5.41) is 18.4. The minimum Gasteiger partial charge on any atom is -0.458 e. The molecule has 0 bridgehead atoms. The van der Waals surface area contributed by atoms with Gasteiger partial charge >= 0.3 is 5.97 Å². The summed E-state index contributed by atoms with van der Waals surface area (Å²) < 4.78 is 17.4. The van der Waals surface area contributed by atoms with E-state index in [2.05, 4.69) is 22.1 Å². The number of anilines is 1. The molecule has 0 saturated carbocycles. The minimum atomic E-state index is -0.720. The Balaban J connectivity index is 1.32. The number of rotatable bonds is 6. The molecule has 1 aromatic rings. The van der Waals surface area contributed by atoms with E-state index >= 15 is 0 Å². The van der Waals surface area contributed by atoms with Gasteiger partial charge in [0.25, 0.3) is 5.91 Å². The highest BCUT2D eigenvalue weighted by Crippen LogP contribution is 2.40. The molecule has 4 aliphatic heterocycles. The zero-order valence-electron chi connectivity index (χ0n) is 26.7. The smallest absolute Gasteiger partial charge is 0.335 e. The van der Waals surface area contributed by atoms with Gasteiger partial charge in [0.1, 0.15) is 11.8 Å². The number of fused-ring (bicyclic) bond motifs is 1. The van der Waals surface area contributed by atoms with Crippen LogP contribution >= 0.6 is 0 Å². The molecular formula is C32H46N6O6. The number of amides is 2. The number of nitrogens with zero attached hydrogens (tertiary/aromatic N) is 3. The fraction of sp³-hybridized carbons (Fsp3) is 0.688. The predicted molar refractivity (Wildman–Crippen MR) is 162 cm³/mol. The Kier molecular flexibility index (Phi) is 8.97. The molecule has 0 aliphatic carbocycles. The number of hydrogen-bond acceptors (Lipinski definition) is 10. The van der Waals surface area contributed by atoms with Crippen LogP contribution in [-0.2, 0) is 23.8 Å². The van der Waals surface area contributed by atoms with E-state index in [-0.39, 0.29) is 36.5 Å². The zero-order chi connectivity index (χ0) is 31.9. The molecule has 4 saturated heterocycles. The molecule has 4 heterocycles. The van der Waals surface area contributed by atoms with Gasteiger partial charge in [-0.25, -0.2) is 15.2 Å². The van der Waals surface area contributed by atoms with Gasteiger partial charge in [-0.15, -0.1) is 0 Å². The summed E-state index contributed by atoms with van der Waals surface area (Å²) in [5.41, 5.74) is 4.05. The molecule has 0 radical (unpaired) electrons. The van der Waals surface area contributed by atoms with Crippen LogP contribution in [0.4, 0.5) is 5.69 Å². The van der Waals surface area contributed by atoms with Crippen LogP contribution < -0.4 is 16.1 Å². The first-order valence-electron chi connectivity index (χ1n) is 15.6. The van der Waals surface area contributed by atoms with Crippen molar-refractivity contribution in [3.63, 3.8) is 0 Å². The van der Waals surface area contributed by atoms with Crippen LogP contribution in [-0.4, -0.2) is 95.6 Å². The van der Waals surface area contributed by atoms with E-state index in [0.29, 0.717) is 51.1 Å². The number of benzene rings is 1. The number of hydrazine groups is 1. The van der Waals surface area contributed by atoms with Crippen molar-refractivity contribution in [2.24, 2.45) is 5.92 Å². The molecule has 12 heteroatoms. The first-order valence-corrected chi connectivity index (χ1v) is 15.6. The van der Waals surface area contributed by atoms with E-state index in [9.17, 15) is 19.6 Å². The highest BCUT2D eigenvalue weighted by molar-refractivity contribution is 5.96. The molecule has 4 fully saturated rings. The quantitative estimate of drug-likeness (QED) is 0.411. The number of nitriles is 1. The summed E-state index contributed by atoms with van der Waals surface area (Å²) in [6.07, 6.45) is 0.657. The third kappa shape index (κ3) is 6.71. The maximum absolute atomic E-state index is 13.4. The topological polar surface area (TPSA) is 145 Å². The average molecular weight is 611 g/mol. The Morgan fingerprint density at radius 3 is 2.66 bits per heavy atom. The van der Waals surface area contributed by atoms with Crippen LogP contribution in [0.15, 0.2) is 18.2 Å². The van der Waals surface area contributed by atoms with Gasteiger partial charge in [-0.3, -0.25) is 9.59 Å². The normalized spacial score (nSPS) is 30.6. The Hall–Kier alpha value is -3.24. The van der Waals surface area contributed by atoms with Crippen LogP contribution in [0.3, 0.4) is 0 Å². The van der Waals surface area contributed by atoms with E-state index in [1.54, 1.807) is 0 Å². The fourth-order valence-corrected chi connectivity index (χ4v) is 6.87. The Labute approximate surface area is 259 Å². The fourth-order valence-electron chi connectivity index (χ4n) is 6.87. The van der Waals surface area contributed by atoms with Crippen LogP contribution in [0.2, 0.25) is 0 Å². The highest BCUT2D eigenvalue weighted by Gasteiger charge is 2.56. The van der Waals surface area contributed by atoms with E-state index in [4.69, 9.17) is 14.2 Å². The lowest BCUT2D eigenvalue weighted by atomic mass is 9.83. The number of morpholine rings is 1. The SMILES string of the molecule is Cc1cc(NC2NN([C@]3(CC#N)CC[C@@H](C(=O)OC(C)(C)C)OC3)C3CCNC(=O)C23)ccc1C(=O)N1CCOC(C)(C)C1. The van der Waals surface area contributed by atoms with Crippen molar-refractivity contribution in [2.75, 3.05) is 38.2 Å². The summed E-state index contributed by atoms with van der Waals surface area (Å²) in [6, 6.07) is 7.77. The van der Waals surface area contributed by atoms with Gasteiger partial charge in [0.15, 0.2) is 6.10 Å². The van der Waals surface area contributed by atoms with Crippen molar-refractivity contribution >= 4 is 23.5 Å². The lowest BCUT2D eigenvalue weighted by molar-refractivity contribution is -0.180. The van der Waals surface area contributed by atoms with Gasteiger partial charge in [-0.05, 0) is 84.6 Å². The van der Waals surface area contributed by atoms with Gasteiger partial charge in [-0.2, -0.15) is 5.26 Å². The number of ether oxygens (including phenoxy) is 3. The number of hydrogen-bond donors (Lipinski definition) is 3. The standard InChI is InChI=1S/C32H46N6O6/c1-20-17-21(7-8-22(20)28(40)37-15-16-43-31(5,6)18-37)35-26-25-23(10-14-34-27(25)39)38(36-26)32(12-13-33)11-9-24(42-19-32)29(41)44-30(2,3)4/h7-8,17,23-26,35-36H,9-12,14-16,18-19H2,1-6H3,(H,34,39)/t23?,24-,25?,26?,32-/m0/s1. The molecule has 12 nitrogen and oxygen atoms in total. The first-order chi connectivity index (χ1) is 20.7. The number of piperidine rings is 1. The zero-order valence-corrected chi connectivity index (χ0v) is 26.7. The van der Waals surface area contributed by atoms with Crippen LogP contribution in [0.5, 0.6) is 0 Å². The predicted octanol–water partition coefficient (Wildman–Crippen LogP) is 2.48. The summed E-state index contributed by atoms with van der Waals surface area (Å²) in [4.78, 5) is 41.1. The molecular weight excluding hydrogens is 564 g/mol. The average Bonchev–Trinajstić information content (AvgIpc) is 3.32. The van der Waals surface area contributed by atoms with Crippen molar-refractivity contribution in [3.8, 4) is 6.07 Å². The van der Waals surface area contributed by atoms with Crippen molar-refractivity contribution in [1.82, 2.24) is 20.7 Å².